The molecule has 0 spiro atoms. The maximum atomic E-state index is 14.0. The molecule has 1 heterocycles. The number of nitrogens with zero attached hydrogens (tertiary/aromatic N) is 2. The smallest absolute Gasteiger partial charge is 0.165 e. The summed E-state index contributed by atoms with van der Waals surface area (Å²) in [6.07, 6.45) is 3.41. The number of nitrogens with one attached hydrogen (secondary N) is 1. The van der Waals surface area contributed by atoms with Crippen LogP contribution in [0.1, 0.15) is 12.5 Å². The minimum Gasteiger partial charge on any atom is -0.454 e. The van der Waals surface area contributed by atoms with Crippen molar-refractivity contribution in [2.24, 2.45) is 0 Å². The molecule has 0 saturated carbocycles. The Morgan fingerprint density at radius 3 is 2.95 bits per heavy atom. The van der Waals surface area contributed by atoms with E-state index in [2.05, 4.69) is 10.4 Å². The average Bonchev–Trinajstić information content (AvgIpc) is 2.93. The molecule has 2 rings (SSSR count). The highest BCUT2D eigenvalue weighted by Crippen LogP contribution is 2.26. The van der Waals surface area contributed by atoms with Gasteiger partial charge >= 0.3 is 0 Å². The molecule has 0 unspecified atom stereocenters. The molecule has 1 aromatic carbocycles. The molecule has 1 N–H and O–H groups in total. The quantitative estimate of drug-likeness (QED) is 0.760. The van der Waals surface area contributed by atoms with Crippen LogP contribution in [0.3, 0.4) is 0 Å². The van der Waals surface area contributed by atoms with Gasteiger partial charge in [-0.1, -0.05) is 6.07 Å². The molecule has 0 aliphatic heterocycles. The topological polar surface area (TPSA) is 48.3 Å². The molecule has 0 bridgehead atoms. The molecule has 0 atom stereocenters. The summed E-state index contributed by atoms with van der Waals surface area (Å²) < 4.78 is 26.4. The van der Waals surface area contributed by atoms with Crippen molar-refractivity contribution in [2.75, 3.05) is 20.3 Å². The minimum absolute atomic E-state index is 0.291. The number of halogens is 1. The summed E-state index contributed by atoms with van der Waals surface area (Å²) in [5, 5.41) is 7.26. The lowest BCUT2D eigenvalue weighted by molar-refractivity contribution is 0.199. The summed E-state index contributed by atoms with van der Waals surface area (Å²) in [5.41, 5.74) is 0.498. The summed E-state index contributed by atoms with van der Waals surface area (Å²) in [6, 6.07) is 4.81. The summed E-state index contributed by atoms with van der Waals surface area (Å²) >= 11 is 0. The van der Waals surface area contributed by atoms with E-state index in [-0.39, 0.29) is 5.82 Å². The molecule has 5 nitrogen and oxygen atoms in total. The maximum Gasteiger partial charge on any atom is 0.165 e. The molecule has 21 heavy (non-hydrogen) atoms. The Balaban J connectivity index is 2.09. The van der Waals surface area contributed by atoms with E-state index >= 15 is 0 Å². The highest BCUT2D eigenvalue weighted by Gasteiger charge is 2.11. The standard InChI is InChI=1S/C15H20FN3O2/c1-3-19-11-12(9-18-19)21-15-6-4-5-14(16)13(15)10-17-7-8-20-2/h4-6,9,11,17H,3,7-8,10H2,1-2H3. The Morgan fingerprint density at radius 2 is 2.24 bits per heavy atom. The fourth-order valence-corrected chi connectivity index (χ4v) is 1.89. The third-order valence-electron chi connectivity index (χ3n) is 3.02. The molecule has 0 saturated heterocycles. The van der Waals surface area contributed by atoms with Gasteiger partial charge in [0, 0.05) is 32.3 Å². The van der Waals surface area contributed by atoms with Gasteiger partial charge in [0.05, 0.1) is 19.0 Å². The van der Waals surface area contributed by atoms with Gasteiger partial charge in [-0.3, -0.25) is 4.68 Å². The van der Waals surface area contributed by atoms with Crippen LogP contribution < -0.4 is 10.1 Å². The van der Waals surface area contributed by atoms with Crippen molar-refractivity contribution >= 4 is 0 Å². The van der Waals surface area contributed by atoms with Crippen LogP contribution >= 0.6 is 0 Å². The van der Waals surface area contributed by atoms with Crippen molar-refractivity contribution in [2.45, 2.75) is 20.0 Å². The second kappa shape index (κ2) is 7.75. The molecule has 114 valence electrons. The third kappa shape index (κ3) is 4.27. The predicted molar refractivity (Wildman–Crippen MR) is 78.0 cm³/mol. The predicted octanol–water partition coefficient (Wildman–Crippen LogP) is 2.57. The highest BCUT2D eigenvalue weighted by atomic mass is 19.1. The maximum absolute atomic E-state index is 14.0. The van der Waals surface area contributed by atoms with E-state index in [9.17, 15) is 4.39 Å². The van der Waals surface area contributed by atoms with Crippen LogP contribution in [0.4, 0.5) is 4.39 Å². The first-order chi connectivity index (χ1) is 10.2. The fraction of sp³-hybridized carbons (Fsp3) is 0.400. The molecule has 0 aliphatic rings. The Bertz CT molecular complexity index is 572. The first-order valence-electron chi connectivity index (χ1n) is 6.92. The van der Waals surface area contributed by atoms with Crippen molar-refractivity contribution in [3.8, 4) is 11.5 Å². The van der Waals surface area contributed by atoms with Crippen LogP contribution in [-0.2, 0) is 17.8 Å². The van der Waals surface area contributed by atoms with Gasteiger partial charge in [-0.2, -0.15) is 5.10 Å². The van der Waals surface area contributed by atoms with Gasteiger partial charge in [-0.25, -0.2) is 4.39 Å². The number of hydrogen-bond donors (Lipinski definition) is 1. The van der Waals surface area contributed by atoms with E-state index in [0.29, 0.717) is 36.8 Å². The van der Waals surface area contributed by atoms with E-state index in [0.717, 1.165) is 6.54 Å². The van der Waals surface area contributed by atoms with Crippen LogP contribution in [0.5, 0.6) is 11.5 Å². The number of methoxy groups -OCH3 is 1. The molecule has 2 aromatic rings. The minimum atomic E-state index is -0.291. The zero-order chi connectivity index (χ0) is 15.1. The van der Waals surface area contributed by atoms with Crippen molar-refractivity contribution in [3.05, 3.63) is 42.0 Å². The van der Waals surface area contributed by atoms with Gasteiger partial charge < -0.3 is 14.8 Å². The van der Waals surface area contributed by atoms with Gasteiger partial charge in [0.2, 0.25) is 0 Å². The normalized spacial score (nSPS) is 10.8. The Labute approximate surface area is 123 Å². The lowest BCUT2D eigenvalue weighted by atomic mass is 10.2. The zero-order valence-corrected chi connectivity index (χ0v) is 12.3. The van der Waals surface area contributed by atoms with Crippen LogP contribution in [0.15, 0.2) is 30.6 Å². The van der Waals surface area contributed by atoms with Crippen molar-refractivity contribution in [1.82, 2.24) is 15.1 Å². The Kier molecular flexibility index (Phi) is 5.71. The fourth-order valence-electron chi connectivity index (χ4n) is 1.89. The van der Waals surface area contributed by atoms with E-state index in [1.165, 1.54) is 6.07 Å². The summed E-state index contributed by atoms with van der Waals surface area (Å²) in [5.74, 6) is 0.802. The van der Waals surface area contributed by atoms with E-state index < -0.39 is 0 Å². The zero-order valence-electron chi connectivity index (χ0n) is 12.3. The van der Waals surface area contributed by atoms with Gasteiger partial charge in [-0.05, 0) is 19.1 Å². The monoisotopic (exact) mass is 293 g/mol. The molecule has 0 aliphatic carbocycles. The van der Waals surface area contributed by atoms with E-state index in [4.69, 9.17) is 9.47 Å². The van der Waals surface area contributed by atoms with Gasteiger partial charge in [0.1, 0.15) is 11.6 Å². The van der Waals surface area contributed by atoms with E-state index in [1.54, 1.807) is 36.3 Å². The van der Waals surface area contributed by atoms with Crippen LogP contribution in [0.25, 0.3) is 0 Å². The number of aryl methyl sites for hydroxylation is 1. The van der Waals surface area contributed by atoms with Gasteiger partial charge in [0.25, 0.3) is 0 Å². The average molecular weight is 293 g/mol. The summed E-state index contributed by atoms with van der Waals surface area (Å²) in [7, 11) is 1.63. The number of ether oxygens (including phenoxy) is 2. The Morgan fingerprint density at radius 1 is 1.38 bits per heavy atom. The van der Waals surface area contributed by atoms with Crippen molar-refractivity contribution < 1.29 is 13.9 Å². The van der Waals surface area contributed by atoms with E-state index in [1.807, 2.05) is 6.92 Å². The number of benzene rings is 1. The molecule has 6 heteroatoms. The number of hydrogen-bond acceptors (Lipinski definition) is 4. The number of rotatable bonds is 8. The van der Waals surface area contributed by atoms with Crippen LogP contribution in [0, 0.1) is 5.82 Å². The van der Waals surface area contributed by atoms with Gasteiger partial charge in [-0.15, -0.1) is 0 Å². The SMILES string of the molecule is CCn1cc(Oc2cccc(F)c2CNCCOC)cn1. The second-order valence-electron chi connectivity index (χ2n) is 4.52. The Hall–Kier alpha value is -1.92. The lowest BCUT2D eigenvalue weighted by Crippen LogP contribution is -2.19. The molecule has 1 aromatic heterocycles. The molecular weight excluding hydrogens is 273 g/mol. The van der Waals surface area contributed by atoms with Crippen LogP contribution in [-0.4, -0.2) is 30.0 Å². The molecular formula is C15H20FN3O2. The number of aromatic nitrogens is 2. The largest absolute Gasteiger partial charge is 0.454 e. The summed E-state index contributed by atoms with van der Waals surface area (Å²) in [6.45, 7) is 4.36. The van der Waals surface area contributed by atoms with Crippen LogP contribution in [0.2, 0.25) is 0 Å². The first kappa shape index (κ1) is 15.5. The second-order valence-corrected chi connectivity index (χ2v) is 4.52. The highest BCUT2D eigenvalue weighted by molar-refractivity contribution is 5.37. The van der Waals surface area contributed by atoms with Crippen molar-refractivity contribution in [1.29, 1.82) is 0 Å². The lowest BCUT2D eigenvalue weighted by Gasteiger charge is -2.11. The molecule has 0 amide bonds. The third-order valence-corrected chi connectivity index (χ3v) is 3.02. The van der Waals surface area contributed by atoms with Crippen molar-refractivity contribution in [3.63, 3.8) is 0 Å². The molecule has 0 radical (unpaired) electrons. The first-order valence-corrected chi connectivity index (χ1v) is 6.92. The molecule has 0 fully saturated rings. The summed E-state index contributed by atoms with van der Waals surface area (Å²) in [4.78, 5) is 0. The van der Waals surface area contributed by atoms with Gasteiger partial charge in [0.15, 0.2) is 5.75 Å².